The van der Waals surface area contributed by atoms with Crippen molar-refractivity contribution in [2.45, 2.75) is 45.1 Å². The monoisotopic (exact) mass is 249 g/mol. The molecule has 98 valence electrons. The number of benzene rings is 1. The van der Waals surface area contributed by atoms with E-state index in [-0.39, 0.29) is 24.7 Å². The molecule has 0 saturated carbocycles. The molecule has 0 spiro atoms. The maximum atomic E-state index is 11.8. The Bertz CT molecular complexity index is 419. The van der Waals surface area contributed by atoms with Gasteiger partial charge in [0.1, 0.15) is 6.10 Å². The van der Waals surface area contributed by atoms with Crippen LogP contribution in [-0.2, 0) is 22.7 Å². The quantitative estimate of drug-likeness (QED) is 0.847. The normalized spacial score (nSPS) is 23.0. The maximum absolute atomic E-state index is 11.8. The first kappa shape index (κ1) is 13.1. The summed E-state index contributed by atoms with van der Waals surface area (Å²) in [6.07, 6.45) is 1.61. The van der Waals surface area contributed by atoms with Gasteiger partial charge in [0.2, 0.25) is 5.91 Å². The van der Waals surface area contributed by atoms with Crippen molar-refractivity contribution in [1.29, 1.82) is 0 Å². The zero-order valence-electron chi connectivity index (χ0n) is 10.6. The molecule has 2 N–H and O–H groups in total. The molecular formula is C14H19NO3. The smallest absolute Gasteiger partial charge is 0.249 e. The van der Waals surface area contributed by atoms with Crippen LogP contribution in [0.3, 0.4) is 0 Å². The third-order valence-corrected chi connectivity index (χ3v) is 3.17. The van der Waals surface area contributed by atoms with Crippen LogP contribution >= 0.6 is 0 Å². The van der Waals surface area contributed by atoms with Crippen LogP contribution in [-0.4, -0.2) is 23.2 Å². The number of amides is 1. The molecule has 2 atom stereocenters. The van der Waals surface area contributed by atoms with Crippen molar-refractivity contribution in [2.75, 3.05) is 0 Å². The summed E-state index contributed by atoms with van der Waals surface area (Å²) in [6.45, 7) is 2.48. The molecule has 1 aromatic rings. The second-order valence-corrected chi connectivity index (χ2v) is 4.71. The van der Waals surface area contributed by atoms with Gasteiger partial charge in [0.15, 0.2) is 0 Å². The van der Waals surface area contributed by atoms with Gasteiger partial charge < -0.3 is 15.2 Å². The van der Waals surface area contributed by atoms with Gasteiger partial charge in [-0.2, -0.15) is 0 Å². The second-order valence-electron chi connectivity index (χ2n) is 4.71. The summed E-state index contributed by atoms with van der Waals surface area (Å²) in [4.78, 5) is 11.8. The number of nitrogens with one attached hydrogen (secondary N) is 1. The minimum absolute atomic E-state index is 0.0189. The van der Waals surface area contributed by atoms with Crippen LogP contribution in [0.1, 0.15) is 30.9 Å². The lowest BCUT2D eigenvalue weighted by Crippen LogP contribution is -2.34. The highest BCUT2D eigenvalue weighted by atomic mass is 16.5. The molecule has 1 aliphatic rings. The number of aliphatic hydroxyl groups excluding tert-OH is 1. The number of aliphatic hydroxyl groups is 1. The van der Waals surface area contributed by atoms with E-state index in [1.807, 2.05) is 31.2 Å². The van der Waals surface area contributed by atoms with Gasteiger partial charge in [-0.3, -0.25) is 4.79 Å². The van der Waals surface area contributed by atoms with Crippen molar-refractivity contribution in [1.82, 2.24) is 5.32 Å². The van der Waals surface area contributed by atoms with Crippen molar-refractivity contribution in [3.8, 4) is 0 Å². The molecule has 2 rings (SSSR count). The van der Waals surface area contributed by atoms with E-state index in [0.717, 1.165) is 24.0 Å². The number of hydrogen-bond donors (Lipinski definition) is 2. The zero-order chi connectivity index (χ0) is 13.0. The van der Waals surface area contributed by atoms with Crippen molar-refractivity contribution in [3.05, 3.63) is 35.4 Å². The number of ether oxygens (including phenoxy) is 1. The summed E-state index contributed by atoms with van der Waals surface area (Å²) in [6, 6.07) is 7.55. The van der Waals surface area contributed by atoms with E-state index >= 15 is 0 Å². The van der Waals surface area contributed by atoms with Gasteiger partial charge in [0.25, 0.3) is 0 Å². The van der Waals surface area contributed by atoms with Crippen molar-refractivity contribution in [2.24, 2.45) is 0 Å². The van der Waals surface area contributed by atoms with Crippen LogP contribution in [0.2, 0.25) is 0 Å². The van der Waals surface area contributed by atoms with Crippen LogP contribution < -0.4 is 5.32 Å². The Hall–Kier alpha value is -1.39. The molecule has 4 nitrogen and oxygen atoms in total. The summed E-state index contributed by atoms with van der Waals surface area (Å²) in [5.41, 5.74) is 1.84. The van der Waals surface area contributed by atoms with Gasteiger partial charge >= 0.3 is 0 Å². The molecule has 1 aliphatic heterocycles. The van der Waals surface area contributed by atoms with Gasteiger partial charge in [0.05, 0.1) is 12.7 Å². The van der Waals surface area contributed by atoms with E-state index in [1.54, 1.807) is 0 Å². The van der Waals surface area contributed by atoms with E-state index in [2.05, 4.69) is 5.32 Å². The predicted octanol–water partition coefficient (Wildman–Crippen LogP) is 1.36. The summed E-state index contributed by atoms with van der Waals surface area (Å²) in [5.74, 6) is -0.0475. The van der Waals surface area contributed by atoms with Crippen LogP contribution in [0.5, 0.6) is 0 Å². The van der Waals surface area contributed by atoms with Gasteiger partial charge in [-0.1, -0.05) is 24.3 Å². The third kappa shape index (κ3) is 3.31. The molecule has 1 amide bonds. The molecule has 4 heteroatoms. The minimum atomic E-state index is -0.305. The summed E-state index contributed by atoms with van der Waals surface area (Å²) in [7, 11) is 0. The first-order valence-corrected chi connectivity index (χ1v) is 6.31. The maximum Gasteiger partial charge on any atom is 0.249 e. The molecule has 0 bridgehead atoms. The Labute approximate surface area is 107 Å². The number of rotatable bonds is 4. The number of carbonyl (C=O) groups is 1. The molecular weight excluding hydrogens is 230 g/mol. The largest absolute Gasteiger partial charge is 0.392 e. The molecule has 0 aromatic heterocycles. The van der Waals surface area contributed by atoms with Crippen LogP contribution in [0.4, 0.5) is 0 Å². The Morgan fingerprint density at radius 2 is 2.22 bits per heavy atom. The van der Waals surface area contributed by atoms with Gasteiger partial charge in [-0.05, 0) is 30.9 Å². The Morgan fingerprint density at radius 3 is 2.89 bits per heavy atom. The highest BCUT2D eigenvalue weighted by Gasteiger charge is 2.27. The average Bonchev–Trinajstić information content (AvgIpc) is 2.83. The van der Waals surface area contributed by atoms with Crippen molar-refractivity contribution in [3.63, 3.8) is 0 Å². The second kappa shape index (κ2) is 5.98. The molecule has 0 aliphatic carbocycles. The first-order chi connectivity index (χ1) is 8.69. The summed E-state index contributed by atoms with van der Waals surface area (Å²) >= 11 is 0. The van der Waals surface area contributed by atoms with Crippen LogP contribution in [0.15, 0.2) is 24.3 Å². The van der Waals surface area contributed by atoms with Gasteiger partial charge in [-0.15, -0.1) is 0 Å². The molecule has 0 radical (unpaired) electrons. The lowest BCUT2D eigenvalue weighted by Gasteiger charge is -2.12. The SMILES string of the molecule is CC1CCC(C(=O)NCc2cccc(CO)c2)O1. The fourth-order valence-corrected chi connectivity index (χ4v) is 2.14. The number of carbonyl (C=O) groups excluding carboxylic acids is 1. The highest BCUT2D eigenvalue weighted by Crippen LogP contribution is 2.19. The van der Waals surface area contributed by atoms with E-state index in [0.29, 0.717) is 6.54 Å². The fraction of sp³-hybridized carbons (Fsp3) is 0.500. The molecule has 1 aromatic carbocycles. The lowest BCUT2D eigenvalue weighted by atomic mass is 10.1. The van der Waals surface area contributed by atoms with Crippen molar-refractivity contribution >= 4 is 5.91 Å². The number of hydrogen-bond acceptors (Lipinski definition) is 3. The predicted molar refractivity (Wildman–Crippen MR) is 67.8 cm³/mol. The average molecular weight is 249 g/mol. The minimum Gasteiger partial charge on any atom is -0.392 e. The van der Waals surface area contributed by atoms with Crippen molar-refractivity contribution < 1.29 is 14.6 Å². The molecule has 1 heterocycles. The molecule has 1 fully saturated rings. The van der Waals surface area contributed by atoms with Gasteiger partial charge in [0, 0.05) is 6.54 Å². The lowest BCUT2D eigenvalue weighted by molar-refractivity contribution is -0.131. The first-order valence-electron chi connectivity index (χ1n) is 6.31. The Morgan fingerprint density at radius 1 is 1.44 bits per heavy atom. The van der Waals surface area contributed by atoms with E-state index in [4.69, 9.17) is 9.84 Å². The Balaban J connectivity index is 1.85. The third-order valence-electron chi connectivity index (χ3n) is 3.17. The molecule has 2 unspecified atom stereocenters. The molecule has 1 saturated heterocycles. The van der Waals surface area contributed by atoms with Gasteiger partial charge in [-0.25, -0.2) is 0 Å². The fourth-order valence-electron chi connectivity index (χ4n) is 2.14. The van der Waals surface area contributed by atoms with Crippen LogP contribution in [0, 0.1) is 0 Å². The van der Waals surface area contributed by atoms with E-state index in [9.17, 15) is 4.79 Å². The zero-order valence-corrected chi connectivity index (χ0v) is 10.6. The summed E-state index contributed by atoms with van der Waals surface area (Å²) in [5, 5.41) is 11.9. The van der Waals surface area contributed by atoms with E-state index in [1.165, 1.54) is 0 Å². The summed E-state index contributed by atoms with van der Waals surface area (Å²) < 4.78 is 5.50. The topological polar surface area (TPSA) is 58.6 Å². The standard InChI is InChI=1S/C14H19NO3/c1-10-5-6-13(18-10)14(17)15-8-11-3-2-4-12(7-11)9-16/h2-4,7,10,13,16H,5-6,8-9H2,1H3,(H,15,17). The molecule has 18 heavy (non-hydrogen) atoms. The van der Waals surface area contributed by atoms with Crippen LogP contribution in [0.25, 0.3) is 0 Å². The Kier molecular flexibility index (Phi) is 4.33. The highest BCUT2D eigenvalue weighted by molar-refractivity contribution is 5.81. The van der Waals surface area contributed by atoms with E-state index < -0.39 is 0 Å².